The van der Waals surface area contributed by atoms with Gasteiger partial charge in [-0.05, 0) is 47.9 Å². The summed E-state index contributed by atoms with van der Waals surface area (Å²) in [5, 5.41) is 2.54. The zero-order chi connectivity index (χ0) is 27.4. The number of alkyl halides is 3. The van der Waals surface area contributed by atoms with Gasteiger partial charge in [-0.25, -0.2) is 12.8 Å². The number of terminal acetylenes is 1. The summed E-state index contributed by atoms with van der Waals surface area (Å²) in [5.74, 6) is 0.714. The van der Waals surface area contributed by atoms with Gasteiger partial charge in [-0.2, -0.15) is 13.2 Å². The molecule has 1 heterocycles. The van der Waals surface area contributed by atoms with Gasteiger partial charge in [0.05, 0.1) is 29.2 Å². The molecule has 198 valence electrons. The van der Waals surface area contributed by atoms with E-state index >= 15 is 0 Å². The van der Waals surface area contributed by atoms with E-state index in [1.54, 1.807) is 12.0 Å². The van der Waals surface area contributed by atoms with E-state index in [4.69, 9.17) is 11.2 Å². The minimum atomic E-state index is -4.52. The van der Waals surface area contributed by atoms with E-state index < -0.39 is 33.5 Å². The Balaban J connectivity index is 1.76. The van der Waals surface area contributed by atoms with Crippen LogP contribution in [0.5, 0.6) is 0 Å². The number of carbonyl (C=O) groups is 1. The topological polar surface area (TPSA) is 87.7 Å². The van der Waals surface area contributed by atoms with Crippen molar-refractivity contribution in [3.63, 3.8) is 0 Å². The molecule has 0 aromatic heterocycles. The Morgan fingerprint density at radius 1 is 1.30 bits per heavy atom. The lowest BCUT2D eigenvalue weighted by molar-refractivity contribution is -0.137. The number of hydrogen-bond donors (Lipinski definition) is 2. The van der Waals surface area contributed by atoms with Gasteiger partial charge in [0.1, 0.15) is 5.82 Å². The lowest BCUT2D eigenvalue weighted by Gasteiger charge is -2.22. The summed E-state index contributed by atoms with van der Waals surface area (Å²) in [6, 6.07) is 5.68. The molecule has 1 aliphatic rings. The van der Waals surface area contributed by atoms with E-state index in [1.165, 1.54) is 18.2 Å². The Bertz CT molecular complexity index is 1350. The average Bonchev–Trinajstić information content (AvgIpc) is 3.30. The van der Waals surface area contributed by atoms with Crippen molar-refractivity contribution in [2.24, 2.45) is 0 Å². The number of rotatable bonds is 8. The predicted octanol–water partition coefficient (Wildman–Crippen LogP) is 3.75. The fourth-order valence-corrected chi connectivity index (χ4v) is 4.43. The van der Waals surface area contributed by atoms with E-state index in [-0.39, 0.29) is 29.5 Å². The maximum absolute atomic E-state index is 14.4. The number of halogens is 4. The number of anilines is 2. The predicted molar refractivity (Wildman–Crippen MR) is 133 cm³/mol. The van der Waals surface area contributed by atoms with E-state index in [0.29, 0.717) is 30.8 Å². The Morgan fingerprint density at radius 3 is 2.62 bits per heavy atom. The van der Waals surface area contributed by atoms with E-state index in [0.717, 1.165) is 30.5 Å². The van der Waals surface area contributed by atoms with Gasteiger partial charge < -0.3 is 15.0 Å². The Kier molecular flexibility index (Phi) is 8.50. The molecule has 1 unspecified atom stereocenters. The summed E-state index contributed by atoms with van der Waals surface area (Å²) < 4.78 is 84.5. The van der Waals surface area contributed by atoms with Crippen LogP contribution in [0.15, 0.2) is 36.4 Å². The third kappa shape index (κ3) is 7.47. The van der Waals surface area contributed by atoms with Crippen LogP contribution in [0.3, 0.4) is 0 Å². The Morgan fingerprint density at radius 2 is 2.03 bits per heavy atom. The first-order chi connectivity index (χ1) is 17.3. The molecule has 2 N–H and O–H groups in total. The molecule has 7 nitrogen and oxygen atoms in total. The molecule has 0 aliphatic carbocycles. The van der Waals surface area contributed by atoms with Crippen LogP contribution in [0.1, 0.15) is 28.7 Å². The Labute approximate surface area is 212 Å². The summed E-state index contributed by atoms with van der Waals surface area (Å²) in [7, 11) is -2.23. The molecular weight excluding hydrogens is 514 g/mol. The number of sulfonamides is 1. The van der Waals surface area contributed by atoms with Crippen LogP contribution in [-0.4, -0.2) is 46.9 Å². The van der Waals surface area contributed by atoms with Crippen LogP contribution >= 0.6 is 0 Å². The van der Waals surface area contributed by atoms with Crippen LogP contribution in [0.4, 0.5) is 28.9 Å². The highest BCUT2D eigenvalue weighted by Gasteiger charge is 2.32. The molecule has 12 heteroatoms. The largest absolute Gasteiger partial charge is 0.416 e. The number of methoxy groups -OCH3 is 1. The van der Waals surface area contributed by atoms with Crippen LogP contribution in [-0.2, 0) is 32.3 Å². The maximum Gasteiger partial charge on any atom is 0.416 e. The number of amides is 1. The van der Waals surface area contributed by atoms with Crippen LogP contribution in [0.25, 0.3) is 6.08 Å². The van der Waals surface area contributed by atoms with Crippen molar-refractivity contribution in [2.75, 3.05) is 36.1 Å². The van der Waals surface area contributed by atoms with Crippen molar-refractivity contribution < 1.29 is 35.5 Å². The van der Waals surface area contributed by atoms with E-state index in [2.05, 4.69) is 11.2 Å². The molecule has 1 atom stereocenters. The zero-order valence-electron chi connectivity index (χ0n) is 20.0. The fourth-order valence-electron chi connectivity index (χ4n) is 3.86. The van der Waals surface area contributed by atoms with Gasteiger partial charge in [0.15, 0.2) is 0 Å². The number of ether oxygens (including phenoxy) is 1. The minimum Gasteiger partial charge on any atom is -0.380 e. The summed E-state index contributed by atoms with van der Waals surface area (Å²) in [4.78, 5) is 14.2. The van der Waals surface area contributed by atoms with Gasteiger partial charge in [0, 0.05) is 38.5 Å². The van der Waals surface area contributed by atoms with Crippen molar-refractivity contribution >= 4 is 33.4 Å². The van der Waals surface area contributed by atoms with Crippen LogP contribution in [0.2, 0.25) is 0 Å². The monoisotopic (exact) mass is 539 g/mol. The number of hydrogen-bond acceptors (Lipinski definition) is 5. The smallest absolute Gasteiger partial charge is 0.380 e. The van der Waals surface area contributed by atoms with Gasteiger partial charge in [-0.1, -0.05) is 12.0 Å². The molecular formula is C25H25F4N3O4S. The SMILES string of the molecule is C#Cc1cc(CNC(=O)C=Cc2ccc(C(F)(F)F)cc2N2CCC(OC)C2)cc(F)c1NS(C)(=O)=O. The molecule has 1 amide bonds. The summed E-state index contributed by atoms with van der Waals surface area (Å²) >= 11 is 0. The number of nitrogens with one attached hydrogen (secondary N) is 2. The van der Waals surface area contributed by atoms with Crippen molar-refractivity contribution in [3.8, 4) is 12.3 Å². The average molecular weight is 540 g/mol. The second-order valence-corrected chi connectivity index (χ2v) is 10.2. The molecule has 1 fully saturated rings. The first-order valence-corrected chi connectivity index (χ1v) is 12.9. The lowest BCUT2D eigenvalue weighted by Crippen LogP contribution is -2.23. The summed E-state index contributed by atoms with van der Waals surface area (Å²) in [6.45, 7) is 0.785. The quantitative estimate of drug-likeness (QED) is 0.303. The lowest BCUT2D eigenvalue weighted by atomic mass is 10.1. The van der Waals surface area contributed by atoms with Gasteiger partial charge in [0.25, 0.3) is 0 Å². The number of carbonyl (C=O) groups excluding carboxylic acids is 1. The first kappa shape index (κ1) is 28.0. The molecule has 1 aliphatic heterocycles. The highest BCUT2D eigenvalue weighted by atomic mass is 32.2. The second-order valence-electron chi connectivity index (χ2n) is 8.43. The second kappa shape index (κ2) is 11.2. The van der Waals surface area contributed by atoms with Crippen LogP contribution in [0, 0.1) is 18.2 Å². The maximum atomic E-state index is 14.4. The molecule has 2 aromatic rings. The minimum absolute atomic E-state index is 0.0420. The third-order valence-corrected chi connectivity index (χ3v) is 6.23. The zero-order valence-corrected chi connectivity index (χ0v) is 20.8. The molecule has 1 saturated heterocycles. The molecule has 37 heavy (non-hydrogen) atoms. The molecule has 0 saturated carbocycles. The fraction of sp³-hybridized carbons (Fsp3) is 0.320. The normalized spacial score (nSPS) is 16.1. The van der Waals surface area contributed by atoms with Crippen molar-refractivity contribution in [1.82, 2.24) is 5.32 Å². The van der Waals surface area contributed by atoms with Crippen molar-refractivity contribution in [2.45, 2.75) is 25.2 Å². The molecule has 0 bridgehead atoms. The van der Waals surface area contributed by atoms with Gasteiger partial charge in [-0.3, -0.25) is 9.52 Å². The van der Waals surface area contributed by atoms with E-state index in [1.807, 2.05) is 4.72 Å². The number of nitrogens with zero attached hydrogens (tertiary/aromatic N) is 1. The molecule has 0 radical (unpaired) electrons. The standard InChI is InChI=1S/C25H25F4N3O4S/c1-4-17-11-16(12-21(26)24(17)31-37(3,34)35)14-30-23(33)8-6-18-5-7-19(25(27,28)29)13-22(18)32-10-9-20(15-32)36-2/h1,5-8,11-13,20,31H,9-10,14-15H2,2-3H3,(H,30,33). The van der Waals surface area contributed by atoms with Gasteiger partial charge in [-0.15, -0.1) is 6.42 Å². The third-order valence-electron chi connectivity index (χ3n) is 5.65. The highest BCUT2D eigenvalue weighted by Crippen LogP contribution is 2.35. The summed E-state index contributed by atoms with van der Waals surface area (Å²) in [6.07, 6.45) is 4.81. The molecule has 0 spiro atoms. The summed E-state index contributed by atoms with van der Waals surface area (Å²) in [5.41, 5.74) is -0.189. The van der Waals surface area contributed by atoms with Crippen molar-refractivity contribution in [3.05, 3.63) is 64.5 Å². The number of benzene rings is 2. The molecule has 2 aromatic carbocycles. The first-order valence-electron chi connectivity index (χ1n) is 11.0. The van der Waals surface area contributed by atoms with Gasteiger partial charge >= 0.3 is 6.18 Å². The van der Waals surface area contributed by atoms with Gasteiger partial charge in [0.2, 0.25) is 15.9 Å². The highest BCUT2D eigenvalue weighted by molar-refractivity contribution is 7.92. The van der Waals surface area contributed by atoms with Crippen LogP contribution < -0.4 is 14.9 Å². The van der Waals surface area contributed by atoms with E-state index in [9.17, 15) is 30.8 Å². The molecule has 3 rings (SSSR count). The Hall–Kier alpha value is -3.56. The van der Waals surface area contributed by atoms with Crippen molar-refractivity contribution in [1.29, 1.82) is 0 Å².